The maximum Gasteiger partial charge on any atom is 0.280 e. The zero-order chi connectivity index (χ0) is 22.0. The van der Waals surface area contributed by atoms with Crippen LogP contribution >= 0.6 is 0 Å². The highest BCUT2D eigenvalue weighted by Crippen LogP contribution is 2.32. The molecule has 31 heavy (non-hydrogen) atoms. The summed E-state index contributed by atoms with van der Waals surface area (Å²) in [7, 11) is 1.39. The Labute approximate surface area is 175 Å². The molecule has 0 bridgehead atoms. The van der Waals surface area contributed by atoms with E-state index in [1.807, 2.05) is 6.07 Å². The molecule has 0 spiro atoms. The fourth-order valence-electron chi connectivity index (χ4n) is 3.35. The second-order valence-electron chi connectivity index (χ2n) is 6.83. The number of methoxy groups -OCH3 is 1. The van der Waals surface area contributed by atoms with Crippen molar-refractivity contribution in [3.05, 3.63) is 47.0 Å². The summed E-state index contributed by atoms with van der Waals surface area (Å²) in [6.07, 6.45) is -2.35. The Kier molecular flexibility index (Phi) is 5.95. The van der Waals surface area contributed by atoms with Crippen LogP contribution in [-0.4, -0.2) is 74.3 Å². The Morgan fingerprint density at radius 3 is 2.84 bits per heavy atom. The van der Waals surface area contributed by atoms with Crippen LogP contribution in [0.1, 0.15) is 6.23 Å². The molecule has 3 aromatic rings. The highest BCUT2D eigenvalue weighted by Gasteiger charge is 2.45. The van der Waals surface area contributed by atoms with E-state index in [2.05, 4.69) is 20.3 Å². The number of hydrogen-bond donors (Lipinski definition) is 4. The van der Waals surface area contributed by atoms with Crippen LogP contribution in [0.25, 0.3) is 11.2 Å². The summed E-state index contributed by atoms with van der Waals surface area (Å²) < 4.78 is 17.8. The number of para-hydroxylation sites is 1. The number of rotatable bonds is 7. The Balaban J connectivity index is 1.56. The molecule has 2 aromatic heterocycles. The van der Waals surface area contributed by atoms with Crippen molar-refractivity contribution < 1.29 is 29.2 Å². The number of imidazole rings is 1. The predicted molar refractivity (Wildman–Crippen MR) is 107 cm³/mol. The topological polar surface area (TPSA) is 161 Å². The van der Waals surface area contributed by atoms with E-state index in [9.17, 15) is 19.8 Å². The third kappa shape index (κ3) is 4.14. The van der Waals surface area contributed by atoms with Crippen molar-refractivity contribution in [3.8, 4) is 5.75 Å². The maximum atomic E-state index is 12.4. The van der Waals surface area contributed by atoms with Gasteiger partial charge >= 0.3 is 0 Å². The summed E-state index contributed by atoms with van der Waals surface area (Å²) >= 11 is 0. The number of carbonyl (C=O) groups is 1. The average molecular weight is 431 g/mol. The lowest BCUT2D eigenvalue weighted by Crippen LogP contribution is -2.34. The molecule has 4 rings (SSSR count). The van der Waals surface area contributed by atoms with Gasteiger partial charge in [0.2, 0.25) is 5.95 Å². The van der Waals surface area contributed by atoms with Gasteiger partial charge in [-0.15, -0.1) is 0 Å². The van der Waals surface area contributed by atoms with Crippen LogP contribution in [0.2, 0.25) is 0 Å². The first-order chi connectivity index (χ1) is 15.0. The van der Waals surface area contributed by atoms with Crippen LogP contribution in [0.5, 0.6) is 5.75 Å². The number of nitrogens with one attached hydrogen (secondary N) is 2. The van der Waals surface area contributed by atoms with E-state index >= 15 is 0 Å². The van der Waals surface area contributed by atoms with Crippen molar-refractivity contribution >= 4 is 23.0 Å². The van der Waals surface area contributed by atoms with E-state index in [4.69, 9.17) is 14.2 Å². The van der Waals surface area contributed by atoms with Gasteiger partial charge in [-0.05, 0) is 12.1 Å². The van der Waals surface area contributed by atoms with Crippen molar-refractivity contribution in [1.82, 2.24) is 19.5 Å². The van der Waals surface area contributed by atoms with Crippen molar-refractivity contribution in [2.75, 3.05) is 25.6 Å². The molecule has 4 atom stereocenters. The monoisotopic (exact) mass is 431 g/mol. The van der Waals surface area contributed by atoms with Crippen LogP contribution in [-0.2, 0) is 14.3 Å². The summed E-state index contributed by atoms with van der Waals surface area (Å²) in [6, 6.07) is 8.79. The van der Waals surface area contributed by atoms with Crippen LogP contribution in [0.15, 0.2) is 41.5 Å². The summed E-state index contributed by atoms with van der Waals surface area (Å²) in [5.41, 5.74) is -0.450. The van der Waals surface area contributed by atoms with Gasteiger partial charge < -0.3 is 24.4 Å². The standard InChI is InChI=1S/C19H21N5O7/c1-29-15-14(27)11(7-25)31-18(15)24-9-20-13-16(24)22-19(23-17(13)28)21-12(26)8-30-10-5-3-2-4-6-10/h2-6,9,11,14-15,18,25,27H,7-8H2,1H3,(H2,21,22,23,26,28)/t11-,14-,15-,18-/m1/s1. The van der Waals surface area contributed by atoms with E-state index in [0.717, 1.165) is 0 Å². The predicted octanol–water partition coefficient (Wildman–Crippen LogP) is -0.597. The SMILES string of the molecule is CO[C@@H]1[C@H](O)[C@@H](CO)O[C@H]1n1cnc2c(=O)[nH]c(NC(=O)COc3ccccc3)nc21. The lowest BCUT2D eigenvalue weighted by Gasteiger charge is -2.20. The van der Waals surface area contributed by atoms with E-state index in [1.54, 1.807) is 24.3 Å². The van der Waals surface area contributed by atoms with Gasteiger partial charge in [0, 0.05) is 7.11 Å². The third-order valence-electron chi connectivity index (χ3n) is 4.84. The number of aliphatic hydroxyl groups excluding tert-OH is 2. The molecule has 1 amide bonds. The molecule has 1 aliphatic heterocycles. The quantitative estimate of drug-likeness (QED) is 0.383. The number of carbonyl (C=O) groups excluding carboxylic acids is 1. The molecule has 12 nitrogen and oxygen atoms in total. The van der Waals surface area contributed by atoms with Gasteiger partial charge in [0.1, 0.15) is 24.1 Å². The minimum Gasteiger partial charge on any atom is -0.484 e. The van der Waals surface area contributed by atoms with Crippen LogP contribution in [0.4, 0.5) is 5.95 Å². The molecule has 1 aromatic carbocycles. The fourth-order valence-corrected chi connectivity index (χ4v) is 3.35. The molecule has 12 heteroatoms. The number of aliphatic hydroxyl groups is 2. The Morgan fingerprint density at radius 2 is 2.13 bits per heavy atom. The Morgan fingerprint density at radius 1 is 1.35 bits per heavy atom. The van der Waals surface area contributed by atoms with Gasteiger partial charge in [-0.3, -0.25) is 24.5 Å². The van der Waals surface area contributed by atoms with Crippen LogP contribution in [0.3, 0.4) is 0 Å². The smallest absolute Gasteiger partial charge is 0.280 e. The normalized spacial score (nSPS) is 23.2. The van der Waals surface area contributed by atoms with E-state index in [-0.39, 0.29) is 23.7 Å². The second-order valence-corrected chi connectivity index (χ2v) is 6.83. The third-order valence-corrected chi connectivity index (χ3v) is 4.84. The number of aromatic amines is 1. The number of aromatic nitrogens is 4. The minimum absolute atomic E-state index is 0.0129. The van der Waals surface area contributed by atoms with Gasteiger partial charge in [0.25, 0.3) is 11.5 Å². The summed E-state index contributed by atoms with van der Waals surface area (Å²) in [5.74, 6) is -0.110. The molecule has 4 N–H and O–H groups in total. The fraction of sp³-hybridized carbons (Fsp3) is 0.368. The summed E-state index contributed by atoms with van der Waals surface area (Å²) in [6.45, 7) is -0.701. The summed E-state index contributed by atoms with van der Waals surface area (Å²) in [4.78, 5) is 35.4. The van der Waals surface area contributed by atoms with Crippen molar-refractivity contribution in [1.29, 1.82) is 0 Å². The highest BCUT2D eigenvalue weighted by atomic mass is 16.6. The average Bonchev–Trinajstić information content (AvgIpc) is 3.33. The lowest BCUT2D eigenvalue weighted by atomic mass is 10.1. The zero-order valence-corrected chi connectivity index (χ0v) is 16.5. The first-order valence-electron chi connectivity index (χ1n) is 9.43. The number of ether oxygens (including phenoxy) is 3. The van der Waals surface area contributed by atoms with Crippen LogP contribution in [0, 0.1) is 0 Å². The number of amides is 1. The van der Waals surface area contributed by atoms with Crippen molar-refractivity contribution in [2.45, 2.75) is 24.5 Å². The molecule has 0 radical (unpaired) electrons. The molecule has 1 saturated heterocycles. The van der Waals surface area contributed by atoms with Gasteiger partial charge in [-0.25, -0.2) is 4.98 Å². The van der Waals surface area contributed by atoms with Gasteiger partial charge in [-0.1, -0.05) is 18.2 Å². The highest BCUT2D eigenvalue weighted by molar-refractivity contribution is 5.90. The van der Waals surface area contributed by atoms with Crippen molar-refractivity contribution in [2.24, 2.45) is 0 Å². The van der Waals surface area contributed by atoms with E-state index in [0.29, 0.717) is 5.75 Å². The van der Waals surface area contributed by atoms with Crippen molar-refractivity contribution in [3.63, 3.8) is 0 Å². The molecule has 3 heterocycles. The number of H-pyrrole nitrogens is 1. The first kappa shape index (κ1) is 20.9. The number of hydrogen-bond acceptors (Lipinski definition) is 9. The number of nitrogens with zero attached hydrogens (tertiary/aromatic N) is 3. The molecule has 1 aliphatic rings. The molecule has 1 fully saturated rings. The Hall–Kier alpha value is -3.32. The zero-order valence-electron chi connectivity index (χ0n) is 16.5. The van der Waals surface area contributed by atoms with E-state index < -0.39 is 42.6 Å². The second kappa shape index (κ2) is 8.81. The summed E-state index contributed by atoms with van der Waals surface area (Å²) in [5, 5.41) is 22.1. The molecule has 0 saturated carbocycles. The molecule has 0 aliphatic carbocycles. The Bertz CT molecular complexity index is 1120. The largest absolute Gasteiger partial charge is 0.484 e. The molecular formula is C19H21N5O7. The van der Waals surface area contributed by atoms with Gasteiger partial charge in [0.15, 0.2) is 24.0 Å². The minimum atomic E-state index is -1.09. The van der Waals surface area contributed by atoms with Gasteiger partial charge in [0.05, 0.1) is 12.9 Å². The van der Waals surface area contributed by atoms with Gasteiger partial charge in [-0.2, -0.15) is 4.98 Å². The van der Waals surface area contributed by atoms with Crippen LogP contribution < -0.4 is 15.6 Å². The molecule has 164 valence electrons. The molecule has 0 unspecified atom stereocenters. The number of anilines is 1. The number of benzene rings is 1. The maximum absolute atomic E-state index is 12.4. The first-order valence-corrected chi connectivity index (χ1v) is 9.43. The number of fused-ring (bicyclic) bond motifs is 1. The lowest BCUT2D eigenvalue weighted by molar-refractivity contribution is -0.118. The van der Waals surface area contributed by atoms with E-state index in [1.165, 1.54) is 18.0 Å². The molecular weight excluding hydrogens is 410 g/mol.